The Hall–Kier alpha value is -0.700. The average Bonchev–Trinajstić information content (AvgIpc) is 2.87. The Balaban J connectivity index is 2.00. The van der Waals surface area contributed by atoms with Crippen molar-refractivity contribution in [1.29, 1.82) is 0 Å². The molecule has 0 fully saturated rings. The lowest BCUT2D eigenvalue weighted by Crippen LogP contribution is -2.04. The predicted molar refractivity (Wildman–Crippen MR) is 73.7 cm³/mol. The molecule has 0 spiro atoms. The van der Waals surface area contributed by atoms with Crippen LogP contribution in [0.3, 0.4) is 0 Å². The van der Waals surface area contributed by atoms with Gasteiger partial charge in [0.05, 0.1) is 6.10 Å². The van der Waals surface area contributed by atoms with Crippen molar-refractivity contribution in [3.63, 3.8) is 0 Å². The van der Waals surface area contributed by atoms with E-state index in [0.29, 0.717) is 4.34 Å². The van der Waals surface area contributed by atoms with Gasteiger partial charge in [0.15, 0.2) is 8.68 Å². The van der Waals surface area contributed by atoms with Gasteiger partial charge < -0.3 is 5.11 Å². The van der Waals surface area contributed by atoms with Crippen LogP contribution in [0.1, 0.15) is 11.7 Å². The molecule has 2 aromatic rings. The van der Waals surface area contributed by atoms with E-state index in [1.807, 2.05) is 6.26 Å². The highest BCUT2D eigenvalue weighted by Crippen LogP contribution is 2.30. The topological polar surface area (TPSA) is 46.0 Å². The molecule has 0 aliphatic carbocycles. The zero-order valence-electron chi connectivity index (χ0n) is 9.84. The standard InChI is InChI=1S/C11H10F2N2OS3/c1-17-10-14-15-11(19-10)18-5-9(16)7-4-6(12)2-3-8(7)13/h2-4,9,16H,5H2,1H3/t9-/m0/s1. The first-order valence-electron chi connectivity index (χ1n) is 5.23. The highest BCUT2D eigenvalue weighted by atomic mass is 32.2. The van der Waals surface area contributed by atoms with E-state index in [1.54, 1.807) is 0 Å². The van der Waals surface area contributed by atoms with Gasteiger partial charge in [-0.05, 0) is 24.5 Å². The van der Waals surface area contributed by atoms with Crippen LogP contribution >= 0.6 is 34.9 Å². The molecule has 19 heavy (non-hydrogen) atoms. The van der Waals surface area contributed by atoms with Crippen LogP contribution in [0.4, 0.5) is 8.78 Å². The summed E-state index contributed by atoms with van der Waals surface area (Å²) in [6.45, 7) is 0. The number of aliphatic hydroxyl groups excluding tert-OH is 1. The van der Waals surface area contributed by atoms with Gasteiger partial charge in [0.2, 0.25) is 0 Å². The molecule has 0 amide bonds. The van der Waals surface area contributed by atoms with Crippen molar-refractivity contribution in [1.82, 2.24) is 10.2 Å². The Morgan fingerprint density at radius 1 is 1.32 bits per heavy atom. The fourth-order valence-electron chi connectivity index (χ4n) is 1.35. The predicted octanol–water partition coefficient (Wildman–Crippen LogP) is 3.36. The lowest BCUT2D eigenvalue weighted by molar-refractivity contribution is 0.198. The largest absolute Gasteiger partial charge is 0.387 e. The zero-order chi connectivity index (χ0) is 13.8. The highest BCUT2D eigenvalue weighted by molar-refractivity contribution is 8.02. The summed E-state index contributed by atoms with van der Waals surface area (Å²) in [7, 11) is 0. The molecule has 3 nitrogen and oxygen atoms in total. The summed E-state index contributed by atoms with van der Waals surface area (Å²) in [6, 6.07) is 3.04. The second-order valence-corrected chi connectivity index (χ2v) is 6.83. The van der Waals surface area contributed by atoms with E-state index in [-0.39, 0.29) is 11.3 Å². The van der Waals surface area contributed by atoms with Crippen LogP contribution in [0, 0.1) is 11.6 Å². The van der Waals surface area contributed by atoms with E-state index in [9.17, 15) is 13.9 Å². The molecule has 1 heterocycles. The third-order valence-corrected chi connectivity index (χ3v) is 5.35. The number of thioether (sulfide) groups is 2. The molecule has 0 aliphatic rings. The Kier molecular flexibility index (Phi) is 5.14. The van der Waals surface area contributed by atoms with Gasteiger partial charge in [-0.3, -0.25) is 0 Å². The quantitative estimate of drug-likeness (QED) is 0.856. The minimum absolute atomic E-state index is 0.0397. The monoisotopic (exact) mass is 320 g/mol. The van der Waals surface area contributed by atoms with E-state index in [1.165, 1.54) is 34.9 Å². The Morgan fingerprint density at radius 2 is 2.05 bits per heavy atom. The Labute approximate surface area is 121 Å². The van der Waals surface area contributed by atoms with Gasteiger partial charge in [-0.2, -0.15) is 0 Å². The van der Waals surface area contributed by atoms with Crippen LogP contribution in [-0.2, 0) is 0 Å². The van der Waals surface area contributed by atoms with Crippen LogP contribution in [0.25, 0.3) is 0 Å². The van der Waals surface area contributed by atoms with E-state index < -0.39 is 17.7 Å². The lowest BCUT2D eigenvalue weighted by Gasteiger charge is -2.10. The fourth-order valence-corrected chi connectivity index (χ4v) is 3.77. The van der Waals surface area contributed by atoms with Crippen LogP contribution < -0.4 is 0 Å². The number of hydrogen-bond acceptors (Lipinski definition) is 6. The molecule has 0 saturated heterocycles. The number of hydrogen-bond donors (Lipinski definition) is 1. The van der Waals surface area contributed by atoms with E-state index in [4.69, 9.17) is 0 Å². The van der Waals surface area contributed by atoms with Gasteiger partial charge in [-0.15, -0.1) is 10.2 Å². The molecule has 0 saturated carbocycles. The van der Waals surface area contributed by atoms with Crippen molar-refractivity contribution in [2.75, 3.05) is 12.0 Å². The van der Waals surface area contributed by atoms with Crippen LogP contribution in [0.2, 0.25) is 0 Å². The van der Waals surface area contributed by atoms with Gasteiger partial charge >= 0.3 is 0 Å². The van der Waals surface area contributed by atoms with Crippen molar-refractivity contribution >= 4 is 34.9 Å². The molecule has 0 radical (unpaired) electrons. The summed E-state index contributed by atoms with van der Waals surface area (Å²) >= 11 is 4.15. The minimum atomic E-state index is -1.08. The maximum atomic E-state index is 13.4. The molecule has 8 heteroatoms. The third kappa shape index (κ3) is 3.88. The van der Waals surface area contributed by atoms with Crippen molar-refractivity contribution < 1.29 is 13.9 Å². The molecule has 1 aromatic carbocycles. The summed E-state index contributed by atoms with van der Waals surface area (Å²) in [6.07, 6.45) is 0.814. The summed E-state index contributed by atoms with van der Waals surface area (Å²) in [4.78, 5) is 0. The Bertz CT molecular complexity index is 565. The number of aliphatic hydroxyl groups is 1. The SMILES string of the molecule is CSc1nnc(SC[C@H](O)c2cc(F)ccc2F)s1. The van der Waals surface area contributed by atoms with Gasteiger partial charge in [0, 0.05) is 11.3 Å². The molecule has 0 bridgehead atoms. The summed E-state index contributed by atoms with van der Waals surface area (Å²) in [5.74, 6) is -0.985. The van der Waals surface area contributed by atoms with E-state index in [2.05, 4.69) is 10.2 Å². The zero-order valence-corrected chi connectivity index (χ0v) is 12.3. The van der Waals surface area contributed by atoms with E-state index in [0.717, 1.165) is 22.5 Å². The van der Waals surface area contributed by atoms with Gasteiger partial charge in [0.25, 0.3) is 0 Å². The maximum Gasteiger partial charge on any atom is 0.175 e. The number of benzene rings is 1. The minimum Gasteiger partial charge on any atom is -0.387 e. The summed E-state index contributed by atoms with van der Waals surface area (Å²) in [5.41, 5.74) is -0.0397. The number of aromatic nitrogens is 2. The average molecular weight is 320 g/mol. The number of halogens is 2. The second kappa shape index (κ2) is 6.65. The highest BCUT2D eigenvalue weighted by Gasteiger charge is 2.15. The smallest absolute Gasteiger partial charge is 0.175 e. The van der Waals surface area contributed by atoms with E-state index >= 15 is 0 Å². The number of rotatable bonds is 5. The molecule has 1 aromatic heterocycles. The molecule has 2 rings (SSSR count). The van der Waals surface area contributed by atoms with Crippen molar-refractivity contribution in [2.45, 2.75) is 14.8 Å². The maximum absolute atomic E-state index is 13.4. The molecular formula is C11H10F2N2OS3. The third-order valence-electron chi connectivity index (χ3n) is 2.24. The summed E-state index contributed by atoms with van der Waals surface area (Å²) < 4.78 is 28.0. The fraction of sp³-hybridized carbons (Fsp3) is 0.273. The van der Waals surface area contributed by atoms with Crippen LogP contribution in [-0.4, -0.2) is 27.3 Å². The molecule has 1 atom stereocenters. The molecule has 102 valence electrons. The second-order valence-electron chi connectivity index (χ2n) is 3.53. The van der Waals surface area contributed by atoms with Crippen LogP contribution in [0.5, 0.6) is 0 Å². The molecule has 0 aliphatic heterocycles. The van der Waals surface area contributed by atoms with Gasteiger partial charge in [0.1, 0.15) is 11.6 Å². The van der Waals surface area contributed by atoms with Crippen molar-refractivity contribution in [3.05, 3.63) is 35.4 Å². The lowest BCUT2D eigenvalue weighted by atomic mass is 10.1. The normalized spacial score (nSPS) is 12.6. The molecular weight excluding hydrogens is 310 g/mol. The number of nitrogens with zero attached hydrogens (tertiary/aromatic N) is 2. The van der Waals surface area contributed by atoms with Crippen LogP contribution in [0.15, 0.2) is 26.9 Å². The molecule has 0 unspecified atom stereocenters. The first kappa shape index (κ1) is 14.7. The van der Waals surface area contributed by atoms with Crippen molar-refractivity contribution in [3.8, 4) is 0 Å². The Morgan fingerprint density at radius 3 is 2.74 bits per heavy atom. The molecule has 1 N–H and O–H groups in total. The van der Waals surface area contributed by atoms with Gasteiger partial charge in [-0.1, -0.05) is 34.9 Å². The van der Waals surface area contributed by atoms with Gasteiger partial charge in [-0.25, -0.2) is 8.78 Å². The summed E-state index contributed by atoms with van der Waals surface area (Å²) in [5, 5.41) is 17.7. The first-order valence-corrected chi connectivity index (χ1v) is 8.26. The first-order chi connectivity index (χ1) is 9.10. The van der Waals surface area contributed by atoms with Crippen molar-refractivity contribution in [2.24, 2.45) is 0 Å².